The summed E-state index contributed by atoms with van der Waals surface area (Å²) in [6.07, 6.45) is -3.90. The first-order chi connectivity index (χ1) is 6.32. The SMILES string of the molecule is Cn1ncc(NC(=O)C(F)(F)F)c1Cl. The predicted molar refractivity (Wildman–Crippen MR) is 42.9 cm³/mol. The average Bonchev–Trinajstić information content (AvgIpc) is 2.34. The first-order valence-corrected chi connectivity index (χ1v) is 3.76. The van der Waals surface area contributed by atoms with Crippen LogP contribution in [0, 0.1) is 0 Å². The second kappa shape index (κ2) is 3.49. The number of carbonyl (C=O) groups is 1. The Labute approximate surface area is 81.6 Å². The highest BCUT2D eigenvalue weighted by Crippen LogP contribution is 2.23. The van der Waals surface area contributed by atoms with Crippen molar-refractivity contribution in [1.82, 2.24) is 9.78 Å². The van der Waals surface area contributed by atoms with E-state index in [1.54, 1.807) is 5.32 Å². The summed E-state index contributed by atoms with van der Waals surface area (Å²) in [4.78, 5) is 10.5. The molecule has 0 unspecified atom stereocenters. The van der Waals surface area contributed by atoms with Gasteiger partial charge < -0.3 is 5.32 Å². The maximum atomic E-state index is 11.8. The van der Waals surface area contributed by atoms with Crippen LogP contribution in [0.25, 0.3) is 0 Å². The van der Waals surface area contributed by atoms with Gasteiger partial charge in [-0.1, -0.05) is 11.6 Å². The minimum absolute atomic E-state index is 0.0670. The lowest BCUT2D eigenvalue weighted by molar-refractivity contribution is -0.167. The first-order valence-electron chi connectivity index (χ1n) is 3.38. The van der Waals surface area contributed by atoms with Gasteiger partial charge in [-0.2, -0.15) is 18.3 Å². The predicted octanol–water partition coefficient (Wildman–Crippen LogP) is 1.57. The van der Waals surface area contributed by atoms with Gasteiger partial charge in [0.15, 0.2) is 0 Å². The van der Waals surface area contributed by atoms with Gasteiger partial charge in [-0.05, 0) is 0 Å². The molecule has 0 radical (unpaired) electrons. The summed E-state index contributed by atoms with van der Waals surface area (Å²) in [6, 6.07) is 0. The van der Waals surface area contributed by atoms with E-state index >= 15 is 0 Å². The molecule has 0 aliphatic rings. The molecule has 1 aromatic heterocycles. The lowest BCUT2D eigenvalue weighted by atomic mass is 10.5. The Bertz CT molecular complexity index is 360. The molecular formula is C6H5ClF3N3O. The Morgan fingerprint density at radius 2 is 2.21 bits per heavy atom. The number of hydrogen-bond donors (Lipinski definition) is 1. The normalized spacial score (nSPS) is 11.5. The lowest BCUT2D eigenvalue weighted by Gasteiger charge is -2.05. The summed E-state index contributed by atoms with van der Waals surface area (Å²) in [5.41, 5.74) is -0.170. The molecule has 0 aromatic carbocycles. The van der Waals surface area contributed by atoms with Gasteiger partial charge in [-0.3, -0.25) is 9.48 Å². The van der Waals surface area contributed by atoms with Crippen LogP contribution < -0.4 is 5.32 Å². The van der Waals surface area contributed by atoms with Crippen LogP contribution in [0.15, 0.2) is 6.20 Å². The molecule has 0 aliphatic carbocycles. The van der Waals surface area contributed by atoms with Gasteiger partial charge in [-0.25, -0.2) is 0 Å². The molecule has 1 heterocycles. The average molecular weight is 228 g/mol. The zero-order valence-corrected chi connectivity index (χ0v) is 7.65. The van der Waals surface area contributed by atoms with Gasteiger partial charge in [0.05, 0.1) is 11.9 Å². The zero-order valence-electron chi connectivity index (χ0n) is 6.89. The molecule has 1 amide bonds. The molecule has 0 bridgehead atoms. The van der Waals surface area contributed by atoms with Crippen molar-refractivity contribution in [1.29, 1.82) is 0 Å². The molecule has 14 heavy (non-hydrogen) atoms. The van der Waals surface area contributed by atoms with Gasteiger partial charge in [0.25, 0.3) is 0 Å². The fourth-order valence-electron chi connectivity index (χ4n) is 0.700. The Balaban J connectivity index is 2.80. The van der Waals surface area contributed by atoms with E-state index in [1.165, 1.54) is 7.05 Å². The van der Waals surface area contributed by atoms with Crippen LogP contribution >= 0.6 is 11.6 Å². The third-order valence-electron chi connectivity index (χ3n) is 1.37. The summed E-state index contributed by atoms with van der Waals surface area (Å²) in [5, 5.41) is 5.08. The molecule has 0 atom stereocenters. The van der Waals surface area contributed by atoms with E-state index in [0.29, 0.717) is 0 Å². The minimum Gasteiger partial charge on any atom is -0.314 e. The van der Waals surface area contributed by atoms with Crippen molar-refractivity contribution in [2.45, 2.75) is 6.18 Å². The topological polar surface area (TPSA) is 46.9 Å². The molecule has 78 valence electrons. The number of rotatable bonds is 1. The van der Waals surface area contributed by atoms with E-state index in [1.807, 2.05) is 0 Å². The fourth-order valence-corrected chi connectivity index (χ4v) is 0.839. The molecule has 1 rings (SSSR count). The number of halogens is 4. The summed E-state index contributed by atoms with van der Waals surface area (Å²) < 4.78 is 36.5. The molecule has 4 nitrogen and oxygen atoms in total. The summed E-state index contributed by atoms with van der Waals surface area (Å²) in [6.45, 7) is 0. The maximum Gasteiger partial charge on any atom is 0.471 e. The van der Waals surface area contributed by atoms with Crippen molar-refractivity contribution in [3.05, 3.63) is 11.3 Å². The number of aromatic nitrogens is 2. The van der Waals surface area contributed by atoms with Gasteiger partial charge >= 0.3 is 12.1 Å². The molecule has 1 N–H and O–H groups in total. The van der Waals surface area contributed by atoms with E-state index in [0.717, 1.165) is 10.9 Å². The Morgan fingerprint density at radius 1 is 1.64 bits per heavy atom. The largest absolute Gasteiger partial charge is 0.471 e. The fraction of sp³-hybridized carbons (Fsp3) is 0.333. The number of hydrogen-bond acceptors (Lipinski definition) is 2. The number of anilines is 1. The van der Waals surface area contributed by atoms with Crippen molar-refractivity contribution in [2.24, 2.45) is 7.05 Å². The van der Waals surface area contributed by atoms with Crippen LogP contribution in [0.1, 0.15) is 0 Å². The van der Waals surface area contributed by atoms with Crippen LogP contribution in [0.2, 0.25) is 5.15 Å². The maximum absolute atomic E-state index is 11.8. The summed E-state index contributed by atoms with van der Waals surface area (Å²) in [5.74, 6) is -2.08. The minimum atomic E-state index is -4.93. The van der Waals surface area contributed by atoms with E-state index in [4.69, 9.17) is 11.6 Å². The highest BCUT2D eigenvalue weighted by atomic mass is 35.5. The van der Waals surface area contributed by atoms with E-state index in [9.17, 15) is 18.0 Å². The number of nitrogens with zero attached hydrogens (tertiary/aromatic N) is 2. The second-order valence-electron chi connectivity index (χ2n) is 2.42. The van der Waals surface area contributed by atoms with Crippen molar-refractivity contribution in [3.63, 3.8) is 0 Å². The van der Waals surface area contributed by atoms with Gasteiger partial charge in [0.1, 0.15) is 5.15 Å². The van der Waals surface area contributed by atoms with Crippen LogP contribution in [-0.2, 0) is 11.8 Å². The first kappa shape index (κ1) is 10.8. The number of alkyl halides is 3. The zero-order chi connectivity index (χ0) is 10.9. The van der Waals surface area contributed by atoms with Crippen molar-refractivity contribution >= 4 is 23.2 Å². The standard InChI is InChI=1S/C6H5ClF3N3O/c1-13-4(7)3(2-11-13)12-5(14)6(8,9)10/h2H,1H3,(H,12,14). The van der Waals surface area contributed by atoms with Crippen molar-refractivity contribution in [3.8, 4) is 0 Å². The smallest absolute Gasteiger partial charge is 0.314 e. The highest BCUT2D eigenvalue weighted by Gasteiger charge is 2.39. The Kier molecular flexibility index (Phi) is 2.70. The monoisotopic (exact) mass is 227 g/mol. The lowest BCUT2D eigenvalue weighted by Crippen LogP contribution is -2.29. The third-order valence-corrected chi connectivity index (χ3v) is 1.82. The molecule has 0 fully saturated rings. The molecule has 0 saturated heterocycles. The molecule has 0 saturated carbocycles. The summed E-state index contributed by atoms with van der Waals surface area (Å²) in [7, 11) is 1.44. The van der Waals surface area contributed by atoms with Gasteiger partial charge in [0, 0.05) is 7.05 Å². The quantitative estimate of drug-likeness (QED) is 0.792. The van der Waals surface area contributed by atoms with E-state index in [2.05, 4.69) is 5.10 Å². The Morgan fingerprint density at radius 3 is 2.57 bits per heavy atom. The molecule has 0 aliphatic heterocycles. The number of nitrogens with one attached hydrogen (secondary N) is 1. The van der Waals surface area contributed by atoms with E-state index in [-0.39, 0.29) is 10.8 Å². The third kappa shape index (κ3) is 2.16. The van der Waals surface area contributed by atoms with E-state index < -0.39 is 12.1 Å². The van der Waals surface area contributed by atoms with Crippen molar-refractivity contribution in [2.75, 3.05) is 5.32 Å². The van der Waals surface area contributed by atoms with Crippen LogP contribution in [-0.4, -0.2) is 21.9 Å². The number of amides is 1. The highest BCUT2D eigenvalue weighted by molar-refractivity contribution is 6.32. The number of carbonyl (C=O) groups excluding carboxylic acids is 1. The molecule has 1 aromatic rings. The van der Waals surface area contributed by atoms with Crippen LogP contribution in [0.3, 0.4) is 0 Å². The number of aryl methyl sites for hydroxylation is 1. The Hall–Kier alpha value is -1.24. The molecule has 0 spiro atoms. The second-order valence-corrected chi connectivity index (χ2v) is 2.78. The van der Waals surface area contributed by atoms with Gasteiger partial charge in [0.2, 0.25) is 0 Å². The van der Waals surface area contributed by atoms with Crippen molar-refractivity contribution < 1.29 is 18.0 Å². The van der Waals surface area contributed by atoms with Gasteiger partial charge in [-0.15, -0.1) is 0 Å². The van der Waals surface area contributed by atoms with Crippen LogP contribution in [0.4, 0.5) is 18.9 Å². The summed E-state index contributed by atoms with van der Waals surface area (Å²) >= 11 is 5.52. The molecular weight excluding hydrogens is 223 g/mol. The molecule has 8 heteroatoms. The van der Waals surface area contributed by atoms with Crippen LogP contribution in [0.5, 0.6) is 0 Å².